The van der Waals surface area contributed by atoms with E-state index in [1.54, 1.807) is 11.8 Å². The van der Waals surface area contributed by atoms with Gasteiger partial charge in [-0.25, -0.2) is 4.79 Å². The second kappa shape index (κ2) is 8.09. The molecule has 0 saturated carbocycles. The van der Waals surface area contributed by atoms with Gasteiger partial charge in [0.1, 0.15) is 5.78 Å². The van der Waals surface area contributed by atoms with Gasteiger partial charge in [0.25, 0.3) is 0 Å². The highest BCUT2D eigenvalue weighted by molar-refractivity contribution is 5.75. The zero-order chi connectivity index (χ0) is 12.5. The van der Waals surface area contributed by atoms with Crippen molar-refractivity contribution in [2.24, 2.45) is 0 Å². The van der Waals surface area contributed by atoms with Crippen LogP contribution in [-0.4, -0.2) is 36.5 Å². The zero-order valence-electron chi connectivity index (χ0n) is 10.7. The van der Waals surface area contributed by atoms with Crippen molar-refractivity contribution in [3.05, 3.63) is 0 Å². The van der Waals surface area contributed by atoms with E-state index in [9.17, 15) is 9.59 Å². The van der Waals surface area contributed by atoms with E-state index in [0.717, 1.165) is 45.2 Å². The summed E-state index contributed by atoms with van der Waals surface area (Å²) in [7, 11) is 0. The number of piperidine rings is 1. The molecule has 0 aliphatic carbocycles. The van der Waals surface area contributed by atoms with Gasteiger partial charge in [-0.05, 0) is 45.4 Å². The number of hydrogen-bond acceptors (Lipinski definition) is 3. The first-order valence-corrected chi connectivity index (χ1v) is 6.61. The standard InChI is InChI=1S/C13H23NO3/c1-12(15)8-4-2-7-11-17-13(16)14-9-5-3-6-10-14/h2-11H2,1H3. The van der Waals surface area contributed by atoms with Crippen molar-refractivity contribution < 1.29 is 14.3 Å². The Morgan fingerprint density at radius 2 is 1.76 bits per heavy atom. The lowest BCUT2D eigenvalue weighted by Crippen LogP contribution is -2.36. The Hall–Kier alpha value is -1.06. The van der Waals surface area contributed by atoms with Crippen molar-refractivity contribution in [3.63, 3.8) is 0 Å². The number of carbonyl (C=O) groups excluding carboxylic acids is 2. The highest BCUT2D eigenvalue weighted by Gasteiger charge is 2.16. The van der Waals surface area contributed by atoms with Gasteiger partial charge in [0.15, 0.2) is 0 Å². The van der Waals surface area contributed by atoms with Crippen LogP contribution in [0.2, 0.25) is 0 Å². The molecule has 1 saturated heterocycles. The lowest BCUT2D eigenvalue weighted by Gasteiger charge is -2.25. The molecule has 98 valence electrons. The van der Waals surface area contributed by atoms with Crippen molar-refractivity contribution in [1.82, 2.24) is 4.90 Å². The molecule has 1 heterocycles. The molecule has 0 spiro atoms. The van der Waals surface area contributed by atoms with E-state index in [0.29, 0.717) is 13.0 Å². The molecular formula is C13H23NO3. The van der Waals surface area contributed by atoms with E-state index in [2.05, 4.69) is 0 Å². The van der Waals surface area contributed by atoms with E-state index >= 15 is 0 Å². The van der Waals surface area contributed by atoms with Gasteiger partial charge in [0, 0.05) is 19.5 Å². The summed E-state index contributed by atoms with van der Waals surface area (Å²) in [5.74, 6) is 0.232. The summed E-state index contributed by atoms with van der Waals surface area (Å²) in [5, 5.41) is 0. The van der Waals surface area contributed by atoms with Gasteiger partial charge in [-0.2, -0.15) is 0 Å². The number of rotatable bonds is 6. The maximum absolute atomic E-state index is 11.6. The summed E-state index contributed by atoms with van der Waals surface area (Å²) in [6, 6.07) is 0. The average molecular weight is 241 g/mol. The molecule has 0 N–H and O–H groups in total. The Morgan fingerprint density at radius 1 is 1.06 bits per heavy atom. The van der Waals surface area contributed by atoms with Crippen LogP contribution in [0.5, 0.6) is 0 Å². The van der Waals surface area contributed by atoms with E-state index in [1.807, 2.05) is 0 Å². The van der Waals surface area contributed by atoms with Gasteiger partial charge in [-0.3, -0.25) is 0 Å². The van der Waals surface area contributed by atoms with Crippen molar-refractivity contribution in [2.75, 3.05) is 19.7 Å². The number of unbranched alkanes of at least 4 members (excludes halogenated alkanes) is 2. The number of Topliss-reactive ketones (excluding diaryl/α,β-unsaturated/α-hetero) is 1. The Labute approximate surface area is 103 Å². The molecule has 4 heteroatoms. The second-order valence-corrected chi connectivity index (χ2v) is 4.67. The topological polar surface area (TPSA) is 46.6 Å². The summed E-state index contributed by atoms with van der Waals surface area (Å²) in [6.45, 7) is 3.76. The van der Waals surface area contributed by atoms with E-state index in [1.165, 1.54) is 6.42 Å². The number of likely N-dealkylation sites (tertiary alicyclic amines) is 1. The highest BCUT2D eigenvalue weighted by atomic mass is 16.6. The van der Waals surface area contributed by atoms with Crippen LogP contribution in [0.15, 0.2) is 0 Å². The molecular weight excluding hydrogens is 218 g/mol. The third-order valence-corrected chi connectivity index (χ3v) is 3.01. The van der Waals surface area contributed by atoms with Crippen LogP contribution in [0.3, 0.4) is 0 Å². The zero-order valence-corrected chi connectivity index (χ0v) is 10.7. The minimum Gasteiger partial charge on any atom is -0.449 e. The molecule has 0 aromatic carbocycles. The summed E-state index contributed by atoms with van der Waals surface area (Å²) in [5.41, 5.74) is 0. The number of ketones is 1. The molecule has 0 radical (unpaired) electrons. The second-order valence-electron chi connectivity index (χ2n) is 4.67. The monoisotopic (exact) mass is 241 g/mol. The molecule has 1 rings (SSSR count). The molecule has 0 unspecified atom stereocenters. The Morgan fingerprint density at radius 3 is 2.41 bits per heavy atom. The summed E-state index contributed by atoms with van der Waals surface area (Å²) in [4.78, 5) is 24.1. The normalized spacial score (nSPS) is 15.7. The first-order valence-electron chi connectivity index (χ1n) is 6.61. The maximum Gasteiger partial charge on any atom is 0.409 e. The fraction of sp³-hybridized carbons (Fsp3) is 0.846. The molecule has 1 amide bonds. The third kappa shape index (κ3) is 6.29. The summed E-state index contributed by atoms with van der Waals surface area (Å²) >= 11 is 0. The predicted molar refractivity (Wildman–Crippen MR) is 65.9 cm³/mol. The molecule has 17 heavy (non-hydrogen) atoms. The lowest BCUT2D eigenvalue weighted by molar-refractivity contribution is -0.117. The number of amides is 1. The van der Waals surface area contributed by atoms with Crippen LogP contribution in [0.4, 0.5) is 4.79 Å². The van der Waals surface area contributed by atoms with Crippen LogP contribution in [-0.2, 0) is 9.53 Å². The molecule has 1 aliphatic rings. The van der Waals surface area contributed by atoms with Crippen LogP contribution in [0.1, 0.15) is 51.9 Å². The van der Waals surface area contributed by atoms with E-state index < -0.39 is 0 Å². The maximum atomic E-state index is 11.6. The van der Waals surface area contributed by atoms with Crippen LogP contribution in [0, 0.1) is 0 Å². The minimum atomic E-state index is -0.170. The van der Waals surface area contributed by atoms with Gasteiger partial charge < -0.3 is 14.4 Å². The van der Waals surface area contributed by atoms with Gasteiger partial charge in [-0.1, -0.05) is 0 Å². The molecule has 0 atom stereocenters. The fourth-order valence-corrected chi connectivity index (χ4v) is 1.98. The van der Waals surface area contributed by atoms with E-state index in [4.69, 9.17) is 4.74 Å². The fourth-order valence-electron chi connectivity index (χ4n) is 1.98. The quantitative estimate of drug-likeness (QED) is 0.672. The predicted octanol–water partition coefficient (Wildman–Crippen LogP) is 2.76. The molecule has 0 aromatic heterocycles. The molecule has 1 aliphatic heterocycles. The largest absolute Gasteiger partial charge is 0.449 e. The number of hydrogen-bond donors (Lipinski definition) is 0. The Bertz CT molecular complexity index is 247. The van der Waals surface area contributed by atoms with Crippen LogP contribution in [0.25, 0.3) is 0 Å². The van der Waals surface area contributed by atoms with Gasteiger partial charge >= 0.3 is 6.09 Å². The van der Waals surface area contributed by atoms with Gasteiger partial charge in [0.2, 0.25) is 0 Å². The first-order chi connectivity index (χ1) is 8.20. The molecule has 0 bridgehead atoms. The minimum absolute atomic E-state index is 0.170. The highest BCUT2D eigenvalue weighted by Crippen LogP contribution is 2.10. The molecule has 0 aromatic rings. The molecule has 1 fully saturated rings. The summed E-state index contributed by atoms with van der Waals surface area (Å²) < 4.78 is 5.19. The van der Waals surface area contributed by atoms with Crippen molar-refractivity contribution in [3.8, 4) is 0 Å². The first kappa shape index (κ1) is 14.0. The Kier molecular flexibility index (Phi) is 6.67. The van der Waals surface area contributed by atoms with Gasteiger partial charge in [-0.15, -0.1) is 0 Å². The SMILES string of the molecule is CC(=O)CCCCCOC(=O)N1CCCCC1. The average Bonchev–Trinajstić information content (AvgIpc) is 2.34. The van der Waals surface area contributed by atoms with E-state index in [-0.39, 0.29) is 11.9 Å². The van der Waals surface area contributed by atoms with Crippen molar-refractivity contribution in [1.29, 1.82) is 0 Å². The third-order valence-electron chi connectivity index (χ3n) is 3.01. The van der Waals surface area contributed by atoms with Gasteiger partial charge in [0.05, 0.1) is 6.61 Å². The van der Waals surface area contributed by atoms with Crippen LogP contribution >= 0.6 is 0 Å². The molecule has 4 nitrogen and oxygen atoms in total. The van der Waals surface area contributed by atoms with Crippen molar-refractivity contribution in [2.45, 2.75) is 51.9 Å². The number of nitrogens with zero attached hydrogens (tertiary/aromatic N) is 1. The van der Waals surface area contributed by atoms with Crippen molar-refractivity contribution >= 4 is 11.9 Å². The number of ether oxygens (including phenoxy) is 1. The smallest absolute Gasteiger partial charge is 0.409 e. The van der Waals surface area contributed by atoms with Crippen LogP contribution < -0.4 is 0 Å². The summed E-state index contributed by atoms with van der Waals surface area (Å²) in [6.07, 6.45) is 6.57. The lowest BCUT2D eigenvalue weighted by atomic mass is 10.1. The number of carbonyl (C=O) groups is 2. The Balaban J connectivity index is 1.98.